The fourth-order valence-corrected chi connectivity index (χ4v) is 4.50. The standard InChI is InChI=1S/C23H29N5O3/c1-3-18-7-5-6-12-26(18)15-20-23(25-22-11-9-17(24)14-27(20)22)16-8-10-21(31-4-2)19(13-16)28(29)30/h8-11,13-14,18H,3-7,12,15,24H2,1-2H3. The van der Waals surface area contributed by atoms with Crippen molar-refractivity contribution in [2.24, 2.45) is 0 Å². The topological polar surface area (TPSA) is 98.9 Å². The van der Waals surface area contributed by atoms with Crippen molar-refractivity contribution in [2.45, 2.75) is 52.1 Å². The van der Waals surface area contributed by atoms with Crippen molar-refractivity contribution in [1.82, 2.24) is 14.3 Å². The second-order valence-electron chi connectivity index (χ2n) is 8.00. The van der Waals surface area contributed by atoms with Gasteiger partial charge in [-0.05, 0) is 57.0 Å². The molecule has 2 aromatic heterocycles. The second-order valence-corrected chi connectivity index (χ2v) is 8.00. The smallest absolute Gasteiger partial charge is 0.311 e. The first-order valence-electron chi connectivity index (χ1n) is 10.9. The Morgan fingerprint density at radius 3 is 2.84 bits per heavy atom. The van der Waals surface area contributed by atoms with E-state index in [1.807, 2.05) is 35.7 Å². The number of imidazole rings is 1. The quantitative estimate of drug-likeness (QED) is 0.438. The molecule has 1 aromatic carbocycles. The fourth-order valence-electron chi connectivity index (χ4n) is 4.50. The zero-order chi connectivity index (χ0) is 22.0. The van der Waals surface area contributed by atoms with Crippen molar-refractivity contribution in [3.05, 3.63) is 52.3 Å². The van der Waals surface area contributed by atoms with Crippen LogP contribution in [0.2, 0.25) is 0 Å². The van der Waals surface area contributed by atoms with Crippen LogP contribution in [-0.4, -0.2) is 38.4 Å². The van der Waals surface area contributed by atoms with E-state index in [2.05, 4.69) is 11.8 Å². The number of nitrogen functional groups attached to an aromatic ring is 1. The molecule has 164 valence electrons. The van der Waals surface area contributed by atoms with Crippen LogP contribution in [0, 0.1) is 10.1 Å². The summed E-state index contributed by atoms with van der Waals surface area (Å²) in [7, 11) is 0. The molecule has 0 radical (unpaired) electrons. The number of fused-ring (bicyclic) bond motifs is 1. The minimum Gasteiger partial charge on any atom is -0.487 e. The van der Waals surface area contributed by atoms with Gasteiger partial charge in [-0.15, -0.1) is 0 Å². The van der Waals surface area contributed by atoms with E-state index in [-0.39, 0.29) is 11.4 Å². The molecular formula is C23H29N5O3. The lowest BCUT2D eigenvalue weighted by atomic mass is 9.99. The summed E-state index contributed by atoms with van der Waals surface area (Å²) in [5, 5.41) is 11.7. The van der Waals surface area contributed by atoms with E-state index in [0.717, 1.165) is 36.5 Å². The molecule has 0 spiro atoms. The highest BCUT2D eigenvalue weighted by Crippen LogP contribution is 2.35. The van der Waals surface area contributed by atoms with Crippen LogP contribution in [0.25, 0.3) is 16.9 Å². The molecule has 0 bridgehead atoms. The van der Waals surface area contributed by atoms with Gasteiger partial charge >= 0.3 is 5.69 Å². The van der Waals surface area contributed by atoms with Gasteiger partial charge in [0.1, 0.15) is 5.65 Å². The minimum absolute atomic E-state index is 0.0497. The number of nitrogens with zero attached hydrogens (tertiary/aromatic N) is 4. The van der Waals surface area contributed by atoms with Crippen LogP contribution < -0.4 is 10.5 Å². The van der Waals surface area contributed by atoms with Crippen molar-refractivity contribution in [1.29, 1.82) is 0 Å². The SMILES string of the molecule is CCOc1ccc(-c2nc3ccc(N)cn3c2CN2CCCCC2CC)cc1[N+](=O)[O-]. The third kappa shape index (κ3) is 4.20. The number of anilines is 1. The van der Waals surface area contributed by atoms with Crippen molar-refractivity contribution in [2.75, 3.05) is 18.9 Å². The Morgan fingerprint density at radius 2 is 2.10 bits per heavy atom. The van der Waals surface area contributed by atoms with E-state index in [4.69, 9.17) is 15.5 Å². The Balaban J connectivity index is 1.83. The van der Waals surface area contributed by atoms with Crippen LogP contribution in [0.15, 0.2) is 36.5 Å². The van der Waals surface area contributed by atoms with Crippen LogP contribution in [0.1, 0.15) is 45.2 Å². The summed E-state index contributed by atoms with van der Waals surface area (Å²) < 4.78 is 7.47. The molecule has 4 rings (SSSR count). The molecule has 3 heterocycles. The third-order valence-corrected chi connectivity index (χ3v) is 6.04. The minimum atomic E-state index is -0.403. The van der Waals surface area contributed by atoms with Gasteiger partial charge in [0, 0.05) is 36.1 Å². The van der Waals surface area contributed by atoms with E-state index in [1.165, 1.54) is 19.3 Å². The average molecular weight is 424 g/mol. The summed E-state index contributed by atoms with van der Waals surface area (Å²) in [6, 6.07) is 9.32. The van der Waals surface area contributed by atoms with Crippen molar-refractivity contribution >= 4 is 17.0 Å². The molecule has 1 aliphatic rings. The predicted octanol–water partition coefficient (Wildman–Crippen LogP) is 4.65. The Bertz CT molecular complexity index is 1090. The molecule has 1 saturated heterocycles. The van der Waals surface area contributed by atoms with Crippen LogP contribution in [0.5, 0.6) is 5.75 Å². The molecule has 3 aromatic rings. The van der Waals surface area contributed by atoms with E-state index in [9.17, 15) is 10.1 Å². The summed E-state index contributed by atoms with van der Waals surface area (Å²) in [4.78, 5) is 18.6. The third-order valence-electron chi connectivity index (χ3n) is 6.04. The lowest BCUT2D eigenvalue weighted by Gasteiger charge is -2.35. The van der Waals surface area contributed by atoms with Gasteiger partial charge in [-0.3, -0.25) is 15.0 Å². The molecule has 1 atom stereocenters. The average Bonchev–Trinajstić information content (AvgIpc) is 3.12. The highest BCUT2D eigenvalue weighted by atomic mass is 16.6. The molecule has 0 amide bonds. The van der Waals surface area contributed by atoms with Crippen molar-refractivity contribution < 1.29 is 9.66 Å². The molecule has 1 fully saturated rings. The number of ether oxygens (including phenoxy) is 1. The van der Waals surface area contributed by atoms with Gasteiger partial charge in [0.15, 0.2) is 5.75 Å². The summed E-state index contributed by atoms with van der Waals surface area (Å²) >= 11 is 0. The van der Waals surface area contributed by atoms with Gasteiger partial charge in [-0.1, -0.05) is 13.3 Å². The van der Waals surface area contributed by atoms with E-state index < -0.39 is 4.92 Å². The van der Waals surface area contributed by atoms with Crippen LogP contribution in [0.4, 0.5) is 11.4 Å². The van der Waals surface area contributed by atoms with Crippen LogP contribution in [-0.2, 0) is 6.54 Å². The highest BCUT2D eigenvalue weighted by molar-refractivity contribution is 5.71. The van der Waals surface area contributed by atoms with Crippen molar-refractivity contribution in [3.8, 4) is 17.0 Å². The van der Waals surface area contributed by atoms with Crippen molar-refractivity contribution in [3.63, 3.8) is 0 Å². The summed E-state index contributed by atoms with van der Waals surface area (Å²) in [6.07, 6.45) is 6.61. The summed E-state index contributed by atoms with van der Waals surface area (Å²) in [5.74, 6) is 0.271. The number of nitrogens with two attached hydrogens (primary N) is 1. The maximum absolute atomic E-state index is 11.7. The lowest BCUT2D eigenvalue weighted by molar-refractivity contribution is -0.385. The monoisotopic (exact) mass is 423 g/mol. The van der Waals surface area contributed by atoms with Gasteiger partial charge in [-0.2, -0.15) is 0 Å². The number of aromatic nitrogens is 2. The number of rotatable bonds is 7. The predicted molar refractivity (Wildman–Crippen MR) is 121 cm³/mol. The van der Waals surface area contributed by atoms with E-state index in [0.29, 0.717) is 23.9 Å². The zero-order valence-corrected chi connectivity index (χ0v) is 18.1. The van der Waals surface area contributed by atoms with Gasteiger partial charge in [0.25, 0.3) is 0 Å². The summed E-state index contributed by atoms with van der Waals surface area (Å²) in [5.41, 5.74) is 9.91. The molecule has 1 unspecified atom stereocenters. The number of benzene rings is 1. The van der Waals surface area contributed by atoms with Crippen LogP contribution in [0.3, 0.4) is 0 Å². The maximum Gasteiger partial charge on any atom is 0.311 e. The summed E-state index contributed by atoms with van der Waals surface area (Å²) in [6.45, 7) is 6.17. The molecule has 1 aliphatic heterocycles. The fraction of sp³-hybridized carbons (Fsp3) is 0.435. The largest absolute Gasteiger partial charge is 0.487 e. The number of nitro benzene ring substituents is 1. The Morgan fingerprint density at radius 1 is 1.26 bits per heavy atom. The lowest BCUT2D eigenvalue weighted by Crippen LogP contribution is -2.38. The number of hydrogen-bond donors (Lipinski definition) is 1. The van der Waals surface area contributed by atoms with Gasteiger partial charge in [0.05, 0.1) is 22.9 Å². The molecule has 0 saturated carbocycles. The first-order chi connectivity index (χ1) is 15.0. The Hall–Kier alpha value is -3.13. The number of likely N-dealkylation sites (tertiary alicyclic amines) is 1. The molecule has 31 heavy (non-hydrogen) atoms. The zero-order valence-electron chi connectivity index (χ0n) is 18.1. The molecule has 8 nitrogen and oxygen atoms in total. The Labute approximate surface area is 181 Å². The Kier molecular flexibility index (Phi) is 6.08. The first-order valence-corrected chi connectivity index (χ1v) is 10.9. The highest BCUT2D eigenvalue weighted by Gasteiger charge is 2.25. The molecule has 8 heteroatoms. The van der Waals surface area contributed by atoms with E-state index >= 15 is 0 Å². The van der Waals surface area contributed by atoms with Crippen LogP contribution >= 0.6 is 0 Å². The normalized spacial score (nSPS) is 17.2. The molecule has 0 aliphatic carbocycles. The van der Waals surface area contributed by atoms with Gasteiger partial charge in [-0.25, -0.2) is 4.98 Å². The second kappa shape index (κ2) is 8.93. The molecular weight excluding hydrogens is 394 g/mol. The number of piperidine rings is 1. The molecule has 2 N–H and O–H groups in total. The number of hydrogen-bond acceptors (Lipinski definition) is 6. The van der Waals surface area contributed by atoms with Gasteiger partial charge in [0.2, 0.25) is 0 Å². The van der Waals surface area contributed by atoms with E-state index in [1.54, 1.807) is 12.1 Å². The first kappa shape index (κ1) is 21.1. The van der Waals surface area contributed by atoms with Gasteiger partial charge < -0.3 is 14.9 Å². The maximum atomic E-state index is 11.7. The number of nitro groups is 1. The number of pyridine rings is 1.